The van der Waals surface area contributed by atoms with Gasteiger partial charge < -0.3 is 4.90 Å². The van der Waals surface area contributed by atoms with Crippen molar-refractivity contribution in [1.29, 1.82) is 0 Å². The molecule has 0 N–H and O–H groups in total. The Morgan fingerprint density at radius 3 is 2.70 bits per heavy atom. The SMILES string of the molecule is CCN(Cc1ccc(Br)nc1)/C(=C/[N+](=O)[O-])N(C)C=O. The number of nitrogens with zero attached hydrogens (tertiary/aromatic N) is 4. The lowest BCUT2D eigenvalue weighted by atomic mass is 10.2. The number of nitro groups is 1. The average Bonchev–Trinajstić information content (AvgIpc) is 2.43. The van der Waals surface area contributed by atoms with Crippen LogP contribution < -0.4 is 0 Å². The van der Waals surface area contributed by atoms with E-state index in [0.717, 1.165) is 16.4 Å². The zero-order chi connectivity index (χ0) is 15.1. The molecule has 1 aromatic heterocycles. The number of halogens is 1. The highest BCUT2D eigenvalue weighted by Gasteiger charge is 2.16. The third-order valence-electron chi connectivity index (χ3n) is 2.61. The Balaban J connectivity index is 2.98. The number of rotatable bonds is 7. The second-order valence-corrected chi connectivity index (χ2v) is 4.80. The normalized spacial score (nSPS) is 11.1. The molecule has 0 aromatic carbocycles. The van der Waals surface area contributed by atoms with E-state index in [9.17, 15) is 14.9 Å². The molecular formula is C12H15BrN4O3. The van der Waals surface area contributed by atoms with Gasteiger partial charge in [-0.2, -0.15) is 0 Å². The van der Waals surface area contributed by atoms with E-state index in [0.29, 0.717) is 19.5 Å². The number of hydrogen-bond donors (Lipinski definition) is 0. The highest BCUT2D eigenvalue weighted by molar-refractivity contribution is 9.10. The highest BCUT2D eigenvalue weighted by atomic mass is 79.9. The monoisotopic (exact) mass is 342 g/mol. The number of carbonyl (C=O) groups is 1. The molecule has 0 atom stereocenters. The number of amides is 1. The molecule has 0 radical (unpaired) electrons. The summed E-state index contributed by atoms with van der Waals surface area (Å²) < 4.78 is 0.718. The number of pyridine rings is 1. The Kier molecular flexibility index (Phi) is 6.10. The van der Waals surface area contributed by atoms with Crippen LogP contribution in [0.5, 0.6) is 0 Å². The molecule has 8 heteroatoms. The Labute approximate surface area is 125 Å². The van der Waals surface area contributed by atoms with Crippen LogP contribution in [0.2, 0.25) is 0 Å². The molecule has 1 amide bonds. The van der Waals surface area contributed by atoms with Crippen molar-refractivity contribution in [1.82, 2.24) is 14.8 Å². The number of aromatic nitrogens is 1. The molecule has 0 aliphatic carbocycles. The fourth-order valence-corrected chi connectivity index (χ4v) is 1.85. The van der Waals surface area contributed by atoms with Gasteiger partial charge in [-0.1, -0.05) is 6.07 Å². The molecule has 20 heavy (non-hydrogen) atoms. The first kappa shape index (κ1) is 16.1. The van der Waals surface area contributed by atoms with Crippen molar-refractivity contribution in [2.75, 3.05) is 13.6 Å². The summed E-state index contributed by atoms with van der Waals surface area (Å²) in [7, 11) is 1.48. The molecule has 1 rings (SSSR count). The maximum atomic E-state index is 10.9. The van der Waals surface area contributed by atoms with Gasteiger partial charge in [-0.15, -0.1) is 0 Å². The van der Waals surface area contributed by atoms with Crippen LogP contribution in [0.1, 0.15) is 12.5 Å². The summed E-state index contributed by atoms with van der Waals surface area (Å²) in [6.45, 7) is 2.81. The highest BCUT2D eigenvalue weighted by Crippen LogP contribution is 2.14. The minimum Gasteiger partial charge on any atom is -0.349 e. The molecule has 7 nitrogen and oxygen atoms in total. The topological polar surface area (TPSA) is 79.6 Å². The van der Waals surface area contributed by atoms with Gasteiger partial charge in [0.15, 0.2) is 5.82 Å². The van der Waals surface area contributed by atoms with Gasteiger partial charge in [0.2, 0.25) is 6.41 Å². The Bertz CT molecular complexity index is 504. The van der Waals surface area contributed by atoms with E-state index in [1.54, 1.807) is 17.2 Å². The first-order valence-corrected chi connectivity index (χ1v) is 6.66. The number of hydrogen-bond acceptors (Lipinski definition) is 5. The van der Waals surface area contributed by atoms with Gasteiger partial charge >= 0.3 is 0 Å². The van der Waals surface area contributed by atoms with E-state index < -0.39 is 4.92 Å². The van der Waals surface area contributed by atoms with Crippen LogP contribution in [0.25, 0.3) is 0 Å². The van der Waals surface area contributed by atoms with Crippen LogP contribution in [-0.2, 0) is 11.3 Å². The van der Waals surface area contributed by atoms with E-state index in [4.69, 9.17) is 0 Å². The molecule has 1 aromatic rings. The van der Waals surface area contributed by atoms with Crippen LogP contribution in [0.3, 0.4) is 0 Å². The van der Waals surface area contributed by atoms with Crippen molar-refractivity contribution < 1.29 is 9.72 Å². The van der Waals surface area contributed by atoms with Crippen molar-refractivity contribution in [2.45, 2.75) is 13.5 Å². The zero-order valence-corrected chi connectivity index (χ0v) is 12.8. The van der Waals surface area contributed by atoms with Crippen LogP contribution in [0.15, 0.2) is 35.0 Å². The molecular weight excluding hydrogens is 328 g/mol. The van der Waals surface area contributed by atoms with Crippen LogP contribution >= 0.6 is 15.9 Å². The first-order chi connectivity index (χ1) is 9.47. The second-order valence-electron chi connectivity index (χ2n) is 3.99. The Morgan fingerprint density at radius 2 is 2.25 bits per heavy atom. The molecule has 0 fully saturated rings. The van der Waals surface area contributed by atoms with E-state index in [-0.39, 0.29) is 5.82 Å². The predicted octanol–water partition coefficient (Wildman–Crippen LogP) is 1.83. The summed E-state index contributed by atoms with van der Waals surface area (Å²) in [6.07, 6.45) is 3.04. The Morgan fingerprint density at radius 1 is 1.55 bits per heavy atom. The molecule has 1 heterocycles. The molecule has 0 spiro atoms. The molecule has 0 aliphatic rings. The van der Waals surface area contributed by atoms with E-state index in [1.807, 2.05) is 13.0 Å². The smallest absolute Gasteiger partial charge is 0.274 e. The van der Waals surface area contributed by atoms with Crippen molar-refractivity contribution >= 4 is 22.3 Å². The second kappa shape index (κ2) is 7.59. The lowest BCUT2D eigenvalue weighted by molar-refractivity contribution is -0.405. The fraction of sp³-hybridized carbons (Fsp3) is 0.333. The summed E-state index contributed by atoms with van der Waals surface area (Å²) in [5.41, 5.74) is 0.892. The zero-order valence-electron chi connectivity index (χ0n) is 11.2. The molecule has 0 unspecified atom stereocenters. The largest absolute Gasteiger partial charge is 0.349 e. The molecule has 108 valence electrons. The maximum absolute atomic E-state index is 10.9. The maximum Gasteiger partial charge on any atom is 0.274 e. The molecule has 0 bridgehead atoms. The van der Waals surface area contributed by atoms with Gasteiger partial charge in [0.05, 0.1) is 4.92 Å². The van der Waals surface area contributed by atoms with E-state index in [1.165, 1.54) is 11.9 Å². The summed E-state index contributed by atoms with van der Waals surface area (Å²) in [5, 5.41) is 10.7. The van der Waals surface area contributed by atoms with Gasteiger partial charge in [-0.05, 0) is 34.5 Å². The average molecular weight is 343 g/mol. The first-order valence-electron chi connectivity index (χ1n) is 5.86. The molecule has 0 saturated carbocycles. The minimum absolute atomic E-state index is 0.232. The Hall–Kier alpha value is -1.96. The number of carbonyl (C=O) groups excluding carboxylic acids is 1. The van der Waals surface area contributed by atoms with Gasteiger partial charge in [-0.25, -0.2) is 4.98 Å². The lowest BCUT2D eigenvalue weighted by Crippen LogP contribution is -2.33. The lowest BCUT2D eigenvalue weighted by Gasteiger charge is -2.27. The van der Waals surface area contributed by atoms with Crippen molar-refractivity contribution in [3.63, 3.8) is 0 Å². The summed E-state index contributed by atoms with van der Waals surface area (Å²) in [5.74, 6) is 0.232. The van der Waals surface area contributed by atoms with E-state index >= 15 is 0 Å². The molecule has 0 saturated heterocycles. The third kappa shape index (κ3) is 4.61. The molecule has 0 aliphatic heterocycles. The quantitative estimate of drug-likeness (QED) is 0.327. The van der Waals surface area contributed by atoms with Gasteiger partial charge in [-0.3, -0.25) is 19.8 Å². The van der Waals surface area contributed by atoms with Crippen molar-refractivity contribution in [2.24, 2.45) is 0 Å². The summed E-state index contributed by atoms with van der Waals surface area (Å²) in [6, 6.07) is 3.66. The third-order valence-corrected chi connectivity index (χ3v) is 3.08. The predicted molar refractivity (Wildman–Crippen MR) is 76.9 cm³/mol. The standard InChI is InChI=1S/C12H15BrN4O3/c1-3-16(7-10-4-5-11(13)14-6-10)12(8-17(19)20)15(2)9-18/h4-6,8-9H,3,7H2,1-2H3/b12-8+. The summed E-state index contributed by atoms with van der Waals surface area (Å²) in [4.78, 5) is 28.0. The van der Waals surface area contributed by atoms with Crippen LogP contribution in [-0.4, -0.2) is 39.7 Å². The van der Waals surface area contributed by atoms with Gasteiger partial charge in [0.1, 0.15) is 4.60 Å². The minimum atomic E-state index is -0.572. The van der Waals surface area contributed by atoms with Crippen LogP contribution in [0.4, 0.5) is 0 Å². The van der Waals surface area contributed by atoms with Crippen molar-refractivity contribution in [3.8, 4) is 0 Å². The van der Waals surface area contributed by atoms with Gasteiger partial charge in [0.25, 0.3) is 6.20 Å². The van der Waals surface area contributed by atoms with Crippen LogP contribution in [0, 0.1) is 10.1 Å². The van der Waals surface area contributed by atoms with E-state index in [2.05, 4.69) is 20.9 Å². The summed E-state index contributed by atoms with van der Waals surface area (Å²) >= 11 is 3.24. The fourth-order valence-electron chi connectivity index (χ4n) is 1.62. The van der Waals surface area contributed by atoms with Crippen molar-refractivity contribution in [3.05, 3.63) is 50.6 Å². The van der Waals surface area contributed by atoms with Gasteiger partial charge in [0, 0.05) is 26.3 Å².